The Bertz CT molecular complexity index is 464. The SMILES string of the molecule is CCOc1cccc(CNC(=NC)NCC2CCCS2)c1.I. The first-order valence-corrected chi connectivity index (χ1v) is 8.64. The van der Waals surface area contributed by atoms with Crippen molar-refractivity contribution < 1.29 is 4.74 Å². The van der Waals surface area contributed by atoms with Gasteiger partial charge in [0.25, 0.3) is 0 Å². The smallest absolute Gasteiger partial charge is 0.191 e. The van der Waals surface area contributed by atoms with E-state index in [1.807, 2.05) is 26.1 Å². The van der Waals surface area contributed by atoms with Crippen molar-refractivity contribution in [3.8, 4) is 5.75 Å². The number of guanidine groups is 1. The summed E-state index contributed by atoms with van der Waals surface area (Å²) in [7, 11) is 1.81. The number of nitrogens with zero attached hydrogens (tertiary/aromatic N) is 1. The Kier molecular flexibility index (Phi) is 9.70. The Labute approximate surface area is 154 Å². The molecule has 1 saturated heterocycles. The number of hydrogen-bond acceptors (Lipinski definition) is 3. The first-order chi connectivity index (χ1) is 10.3. The van der Waals surface area contributed by atoms with Crippen molar-refractivity contribution in [2.24, 2.45) is 4.99 Å². The number of thioether (sulfide) groups is 1. The largest absolute Gasteiger partial charge is 0.494 e. The Morgan fingerprint density at radius 2 is 2.27 bits per heavy atom. The van der Waals surface area contributed by atoms with Gasteiger partial charge in [0.2, 0.25) is 0 Å². The second kappa shape index (κ2) is 11.0. The van der Waals surface area contributed by atoms with Gasteiger partial charge >= 0.3 is 0 Å². The number of benzene rings is 1. The Hall–Kier alpha value is -0.630. The molecule has 0 radical (unpaired) electrons. The Morgan fingerprint density at radius 1 is 1.41 bits per heavy atom. The molecule has 2 N–H and O–H groups in total. The summed E-state index contributed by atoms with van der Waals surface area (Å²) < 4.78 is 5.52. The van der Waals surface area contributed by atoms with Gasteiger partial charge < -0.3 is 15.4 Å². The molecule has 22 heavy (non-hydrogen) atoms. The summed E-state index contributed by atoms with van der Waals surface area (Å²) in [6.45, 7) is 4.43. The second-order valence-electron chi connectivity index (χ2n) is 5.02. The van der Waals surface area contributed by atoms with Crippen LogP contribution in [0.3, 0.4) is 0 Å². The van der Waals surface area contributed by atoms with E-state index in [4.69, 9.17) is 4.74 Å². The number of rotatable bonds is 6. The third kappa shape index (κ3) is 6.64. The van der Waals surface area contributed by atoms with Gasteiger partial charge in [0.1, 0.15) is 5.75 Å². The molecule has 124 valence electrons. The molecule has 1 aliphatic heterocycles. The molecule has 0 bridgehead atoms. The average molecular weight is 435 g/mol. The molecule has 1 atom stereocenters. The van der Waals surface area contributed by atoms with Crippen molar-refractivity contribution in [2.75, 3.05) is 26.0 Å². The highest BCUT2D eigenvalue weighted by Gasteiger charge is 2.15. The number of hydrogen-bond donors (Lipinski definition) is 2. The van der Waals surface area contributed by atoms with Gasteiger partial charge in [-0.15, -0.1) is 24.0 Å². The summed E-state index contributed by atoms with van der Waals surface area (Å²) in [6.07, 6.45) is 2.65. The number of halogens is 1. The predicted octanol–water partition coefficient (Wildman–Crippen LogP) is 3.26. The third-order valence-corrected chi connectivity index (χ3v) is 4.81. The van der Waals surface area contributed by atoms with Gasteiger partial charge in [-0.2, -0.15) is 11.8 Å². The van der Waals surface area contributed by atoms with E-state index in [-0.39, 0.29) is 24.0 Å². The zero-order valence-corrected chi connectivity index (χ0v) is 16.4. The lowest BCUT2D eigenvalue weighted by atomic mass is 10.2. The van der Waals surface area contributed by atoms with Crippen LogP contribution in [0, 0.1) is 0 Å². The fourth-order valence-corrected chi connectivity index (χ4v) is 3.54. The van der Waals surface area contributed by atoms with Gasteiger partial charge in [-0.1, -0.05) is 12.1 Å². The van der Waals surface area contributed by atoms with Crippen LogP contribution in [0.15, 0.2) is 29.3 Å². The summed E-state index contributed by atoms with van der Waals surface area (Å²) in [4.78, 5) is 4.28. The lowest BCUT2D eigenvalue weighted by Gasteiger charge is -2.15. The van der Waals surface area contributed by atoms with Crippen LogP contribution in [0.1, 0.15) is 25.3 Å². The molecule has 1 aromatic carbocycles. The molecule has 0 aromatic heterocycles. The molecular weight excluding hydrogens is 409 g/mol. The first-order valence-electron chi connectivity index (χ1n) is 7.59. The highest BCUT2D eigenvalue weighted by molar-refractivity contribution is 14.0. The minimum absolute atomic E-state index is 0. The highest BCUT2D eigenvalue weighted by Crippen LogP contribution is 2.25. The molecule has 0 amide bonds. The maximum absolute atomic E-state index is 5.52. The van der Waals surface area contributed by atoms with E-state index in [9.17, 15) is 0 Å². The topological polar surface area (TPSA) is 45.6 Å². The number of aliphatic imine (C=N–C) groups is 1. The van der Waals surface area contributed by atoms with Crippen LogP contribution in [0.2, 0.25) is 0 Å². The quantitative estimate of drug-likeness (QED) is 0.409. The molecule has 1 fully saturated rings. The molecule has 0 spiro atoms. The van der Waals surface area contributed by atoms with Gasteiger partial charge in [-0.05, 0) is 43.2 Å². The van der Waals surface area contributed by atoms with E-state index in [2.05, 4.69) is 39.5 Å². The van der Waals surface area contributed by atoms with E-state index >= 15 is 0 Å². The zero-order valence-electron chi connectivity index (χ0n) is 13.3. The van der Waals surface area contributed by atoms with Gasteiger partial charge in [0.15, 0.2) is 5.96 Å². The fraction of sp³-hybridized carbons (Fsp3) is 0.562. The van der Waals surface area contributed by atoms with Crippen molar-refractivity contribution in [1.82, 2.24) is 10.6 Å². The van der Waals surface area contributed by atoms with Crippen LogP contribution in [0.25, 0.3) is 0 Å². The number of ether oxygens (including phenoxy) is 1. The monoisotopic (exact) mass is 435 g/mol. The van der Waals surface area contributed by atoms with Crippen molar-refractivity contribution >= 4 is 41.7 Å². The predicted molar refractivity (Wildman–Crippen MR) is 107 cm³/mol. The zero-order chi connectivity index (χ0) is 14.9. The third-order valence-electron chi connectivity index (χ3n) is 3.41. The lowest BCUT2D eigenvalue weighted by Crippen LogP contribution is -2.39. The van der Waals surface area contributed by atoms with Gasteiger partial charge in [0, 0.05) is 25.4 Å². The number of nitrogens with one attached hydrogen (secondary N) is 2. The van der Waals surface area contributed by atoms with Crippen molar-refractivity contribution in [1.29, 1.82) is 0 Å². The highest BCUT2D eigenvalue weighted by atomic mass is 127. The maximum Gasteiger partial charge on any atom is 0.191 e. The fourth-order valence-electron chi connectivity index (χ4n) is 2.33. The summed E-state index contributed by atoms with van der Waals surface area (Å²) in [5.41, 5.74) is 1.19. The van der Waals surface area contributed by atoms with Crippen molar-refractivity contribution in [3.05, 3.63) is 29.8 Å². The summed E-state index contributed by atoms with van der Waals surface area (Å²) in [5.74, 6) is 3.08. The van der Waals surface area contributed by atoms with Crippen LogP contribution in [0.5, 0.6) is 5.75 Å². The molecule has 4 nitrogen and oxygen atoms in total. The summed E-state index contributed by atoms with van der Waals surface area (Å²) in [5, 5.41) is 7.49. The van der Waals surface area contributed by atoms with Crippen LogP contribution in [0.4, 0.5) is 0 Å². The lowest BCUT2D eigenvalue weighted by molar-refractivity contribution is 0.340. The molecule has 0 aliphatic carbocycles. The summed E-state index contributed by atoms with van der Waals surface area (Å²) in [6, 6.07) is 8.16. The van der Waals surface area contributed by atoms with E-state index in [1.165, 1.54) is 24.2 Å². The van der Waals surface area contributed by atoms with E-state index < -0.39 is 0 Å². The van der Waals surface area contributed by atoms with Crippen LogP contribution in [-0.2, 0) is 6.54 Å². The molecule has 6 heteroatoms. The van der Waals surface area contributed by atoms with Crippen LogP contribution in [-0.4, -0.2) is 37.2 Å². The Morgan fingerprint density at radius 3 is 2.95 bits per heavy atom. The maximum atomic E-state index is 5.52. The molecule has 1 aliphatic rings. The van der Waals surface area contributed by atoms with E-state index in [0.29, 0.717) is 6.61 Å². The summed E-state index contributed by atoms with van der Waals surface area (Å²) >= 11 is 2.05. The van der Waals surface area contributed by atoms with Gasteiger partial charge in [-0.3, -0.25) is 4.99 Å². The normalized spacial score (nSPS) is 17.7. The molecule has 1 aromatic rings. The first kappa shape index (κ1) is 19.4. The molecule has 1 unspecified atom stereocenters. The Balaban J connectivity index is 0.00000242. The minimum atomic E-state index is 0. The second-order valence-corrected chi connectivity index (χ2v) is 6.43. The van der Waals surface area contributed by atoms with Crippen molar-refractivity contribution in [3.63, 3.8) is 0 Å². The minimum Gasteiger partial charge on any atom is -0.494 e. The standard InChI is InChI=1S/C16H25N3OS.HI/c1-3-20-14-7-4-6-13(10-14)11-18-16(17-2)19-12-15-8-5-9-21-15;/h4,6-7,10,15H,3,5,8-9,11-12H2,1-2H3,(H2,17,18,19);1H. The van der Waals surface area contributed by atoms with E-state index in [1.54, 1.807) is 0 Å². The molecular formula is C16H26IN3OS. The van der Waals surface area contributed by atoms with E-state index in [0.717, 1.165) is 30.0 Å². The average Bonchev–Trinajstić information content (AvgIpc) is 3.01. The molecule has 2 rings (SSSR count). The van der Waals surface area contributed by atoms with Crippen LogP contribution < -0.4 is 15.4 Å². The van der Waals surface area contributed by atoms with Crippen molar-refractivity contribution in [2.45, 2.75) is 31.6 Å². The molecule has 1 heterocycles. The van der Waals surface area contributed by atoms with Gasteiger partial charge in [0.05, 0.1) is 6.61 Å². The van der Waals surface area contributed by atoms with Gasteiger partial charge in [-0.25, -0.2) is 0 Å². The van der Waals surface area contributed by atoms with Crippen LogP contribution >= 0.6 is 35.7 Å². The molecule has 0 saturated carbocycles.